The minimum atomic E-state index is -1.02. The summed E-state index contributed by atoms with van der Waals surface area (Å²) in [4.78, 5) is 35.9. The molecule has 1 aromatic rings. The minimum absolute atomic E-state index is 0.0392. The van der Waals surface area contributed by atoms with Crippen molar-refractivity contribution in [2.75, 3.05) is 0 Å². The number of carbonyl (C=O) groups is 3. The first-order valence-corrected chi connectivity index (χ1v) is 8.38. The molecule has 0 spiro atoms. The van der Waals surface area contributed by atoms with Crippen LogP contribution in [0.2, 0.25) is 0 Å². The van der Waals surface area contributed by atoms with Gasteiger partial charge in [0, 0.05) is 6.42 Å². The number of rotatable bonds is 5. The molecule has 2 aliphatic rings. The van der Waals surface area contributed by atoms with Crippen LogP contribution in [0, 0.1) is 0 Å². The molecule has 24 heavy (non-hydrogen) atoms. The van der Waals surface area contributed by atoms with Gasteiger partial charge in [0.1, 0.15) is 0 Å². The Labute approximate surface area is 140 Å². The van der Waals surface area contributed by atoms with Gasteiger partial charge in [-0.1, -0.05) is 43.2 Å². The molecule has 6 nitrogen and oxygen atoms in total. The van der Waals surface area contributed by atoms with Crippen molar-refractivity contribution in [3.8, 4) is 0 Å². The van der Waals surface area contributed by atoms with Crippen LogP contribution in [0.1, 0.15) is 50.0 Å². The Bertz CT molecular complexity index is 646. The van der Waals surface area contributed by atoms with Crippen LogP contribution in [-0.4, -0.2) is 34.5 Å². The van der Waals surface area contributed by atoms with E-state index in [9.17, 15) is 19.5 Å². The largest absolute Gasteiger partial charge is 0.481 e. The molecule has 2 fully saturated rings. The van der Waals surface area contributed by atoms with Crippen LogP contribution in [0.25, 0.3) is 0 Å². The summed E-state index contributed by atoms with van der Waals surface area (Å²) in [5.74, 6) is -2.25. The van der Waals surface area contributed by atoms with Gasteiger partial charge < -0.3 is 15.7 Å². The van der Waals surface area contributed by atoms with E-state index < -0.39 is 17.4 Å². The van der Waals surface area contributed by atoms with E-state index in [1.807, 2.05) is 6.07 Å². The zero-order valence-corrected chi connectivity index (χ0v) is 13.5. The summed E-state index contributed by atoms with van der Waals surface area (Å²) in [6, 6.07) is 8.73. The maximum absolute atomic E-state index is 12.5. The molecule has 0 bridgehead atoms. The van der Waals surface area contributed by atoms with Gasteiger partial charge in [0.25, 0.3) is 0 Å². The summed E-state index contributed by atoms with van der Waals surface area (Å²) in [5, 5.41) is 15.4. The summed E-state index contributed by atoms with van der Waals surface area (Å²) >= 11 is 0. The Balaban J connectivity index is 1.72. The SMILES string of the molecule is O=C1C[C@]2(NC(=O)CC(C(=O)O)c3ccccc3)CCCC[C@@H]2N1. The van der Waals surface area contributed by atoms with Crippen LogP contribution in [0.15, 0.2) is 30.3 Å². The van der Waals surface area contributed by atoms with E-state index in [1.54, 1.807) is 24.3 Å². The van der Waals surface area contributed by atoms with E-state index in [2.05, 4.69) is 10.6 Å². The fraction of sp³-hybridized carbons (Fsp3) is 0.500. The molecule has 0 radical (unpaired) electrons. The van der Waals surface area contributed by atoms with Crippen molar-refractivity contribution in [1.29, 1.82) is 0 Å². The molecule has 0 aromatic heterocycles. The number of hydrogen-bond acceptors (Lipinski definition) is 3. The Morgan fingerprint density at radius 3 is 2.75 bits per heavy atom. The van der Waals surface area contributed by atoms with Gasteiger partial charge in [-0.2, -0.15) is 0 Å². The number of carboxylic acids is 1. The molecular weight excluding hydrogens is 308 g/mol. The lowest BCUT2D eigenvalue weighted by molar-refractivity contribution is -0.141. The first kappa shape index (κ1) is 16.5. The second kappa shape index (κ2) is 6.63. The van der Waals surface area contributed by atoms with Gasteiger partial charge in [-0.05, 0) is 18.4 Å². The minimum Gasteiger partial charge on any atom is -0.481 e. The second-order valence-corrected chi connectivity index (χ2v) is 6.75. The van der Waals surface area contributed by atoms with E-state index in [-0.39, 0.29) is 30.7 Å². The predicted molar refractivity (Wildman–Crippen MR) is 87.3 cm³/mol. The normalized spacial score (nSPS) is 27.0. The predicted octanol–water partition coefficient (Wildman–Crippen LogP) is 1.56. The third kappa shape index (κ3) is 3.27. The Morgan fingerprint density at radius 1 is 1.29 bits per heavy atom. The maximum atomic E-state index is 12.5. The summed E-state index contributed by atoms with van der Waals surface area (Å²) in [6.45, 7) is 0. The molecular formula is C18H22N2O4. The second-order valence-electron chi connectivity index (χ2n) is 6.75. The number of hydrogen-bond donors (Lipinski definition) is 3. The number of fused-ring (bicyclic) bond motifs is 1. The van der Waals surface area contributed by atoms with Crippen LogP contribution in [0.5, 0.6) is 0 Å². The Kier molecular flexibility index (Phi) is 4.55. The molecule has 1 aliphatic heterocycles. The van der Waals surface area contributed by atoms with Crippen LogP contribution in [0.4, 0.5) is 0 Å². The Morgan fingerprint density at radius 2 is 2.04 bits per heavy atom. The standard InChI is InChI=1S/C18H22N2O4/c21-15(10-13(17(23)24)12-6-2-1-3-7-12)20-18-9-5-4-8-14(18)19-16(22)11-18/h1-3,6-7,13-14H,4-5,8-11H2,(H,19,22)(H,20,21)(H,23,24)/t13?,14-,18+/m0/s1. The van der Waals surface area contributed by atoms with Crippen LogP contribution >= 0.6 is 0 Å². The molecule has 1 saturated carbocycles. The van der Waals surface area contributed by atoms with Gasteiger partial charge in [-0.3, -0.25) is 14.4 Å². The van der Waals surface area contributed by atoms with Crippen molar-refractivity contribution < 1.29 is 19.5 Å². The lowest BCUT2D eigenvalue weighted by atomic mass is 9.77. The van der Waals surface area contributed by atoms with E-state index in [0.717, 1.165) is 25.7 Å². The number of amides is 2. The van der Waals surface area contributed by atoms with Gasteiger partial charge in [-0.25, -0.2) is 0 Å². The highest BCUT2D eigenvalue weighted by atomic mass is 16.4. The van der Waals surface area contributed by atoms with E-state index in [4.69, 9.17) is 0 Å². The third-order valence-corrected chi connectivity index (χ3v) is 5.12. The molecule has 3 rings (SSSR count). The smallest absolute Gasteiger partial charge is 0.311 e. The first-order valence-electron chi connectivity index (χ1n) is 8.38. The number of nitrogens with one attached hydrogen (secondary N) is 2. The van der Waals surface area contributed by atoms with Crippen molar-refractivity contribution in [1.82, 2.24) is 10.6 Å². The highest BCUT2D eigenvalue weighted by Gasteiger charge is 2.49. The Hall–Kier alpha value is -2.37. The molecule has 1 aromatic carbocycles. The highest BCUT2D eigenvalue weighted by Crippen LogP contribution is 2.36. The highest BCUT2D eigenvalue weighted by molar-refractivity contribution is 5.88. The van der Waals surface area contributed by atoms with Crippen molar-refractivity contribution >= 4 is 17.8 Å². The van der Waals surface area contributed by atoms with Crippen LogP contribution < -0.4 is 10.6 Å². The van der Waals surface area contributed by atoms with Gasteiger partial charge in [0.05, 0.1) is 23.9 Å². The van der Waals surface area contributed by atoms with Gasteiger partial charge in [0.2, 0.25) is 11.8 Å². The number of aliphatic carboxylic acids is 1. The molecule has 3 atom stereocenters. The number of carbonyl (C=O) groups excluding carboxylic acids is 2. The molecule has 1 unspecified atom stereocenters. The molecule has 6 heteroatoms. The van der Waals surface area contributed by atoms with E-state index in [0.29, 0.717) is 5.56 Å². The van der Waals surface area contributed by atoms with Gasteiger partial charge in [-0.15, -0.1) is 0 Å². The number of benzene rings is 1. The third-order valence-electron chi connectivity index (χ3n) is 5.12. The van der Waals surface area contributed by atoms with Gasteiger partial charge in [0.15, 0.2) is 0 Å². The molecule has 1 saturated heterocycles. The van der Waals surface area contributed by atoms with Crippen LogP contribution in [-0.2, 0) is 14.4 Å². The molecule has 1 heterocycles. The summed E-state index contributed by atoms with van der Waals surface area (Å²) in [6.07, 6.45) is 3.77. The zero-order valence-electron chi connectivity index (χ0n) is 13.5. The van der Waals surface area contributed by atoms with Gasteiger partial charge >= 0.3 is 5.97 Å². The van der Waals surface area contributed by atoms with E-state index >= 15 is 0 Å². The lowest BCUT2D eigenvalue weighted by Crippen LogP contribution is -2.57. The number of carboxylic acid groups (broad SMARTS) is 1. The first-order chi connectivity index (χ1) is 11.5. The monoisotopic (exact) mass is 330 g/mol. The maximum Gasteiger partial charge on any atom is 0.311 e. The fourth-order valence-corrected chi connectivity index (χ4v) is 3.93. The lowest BCUT2D eigenvalue weighted by Gasteiger charge is -2.39. The summed E-state index contributed by atoms with van der Waals surface area (Å²) < 4.78 is 0. The van der Waals surface area contributed by atoms with Crippen LogP contribution in [0.3, 0.4) is 0 Å². The van der Waals surface area contributed by atoms with Crippen molar-refractivity contribution in [2.45, 2.75) is 56.0 Å². The van der Waals surface area contributed by atoms with E-state index in [1.165, 1.54) is 0 Å². The summed E-state index contributed by atoms with van der Waals surface area (Å²) in [7, 11) is 0. The fourth-order valence-electron chi connectivity index (χ4n) is 3.93. The topological polar surface area (TPSA) is 95.5 Å². The molecule has 1 aliphatic carbocycles. The quantitative estimate of drug-likeness (QED) is 0.763. The van der Waals surface area contributed by atoms with Crippen molar-refractivity contribution in [2.24, 2.45) is 0 Å². The zero-order chi connectivity index (χ0) is 17.2. The summed E-state index contributed by atoms with van der Waals surface area (Å²) in [5.41, 5.74) is 0.0602. The van der Waals surface area contributed by atoms with Crippen molar-refractivity contribution in [3.63, 3.8) is 0 Å². The molecule has 2 amide bonds. The molecule has 128 valence electrons. The molecule has 3 N–H and O–H groups in total. The average Bonchev–Trinajstić information content (AvgIpc) is 2.88. The average molecular weight is 330 g/mol. The van der Waals surface area contributed by atoms with Crippen molar-refractivity contribution in [3.05, 3.63) is 35.9 Å².